The van der Waals surface area contributed by atoms with E-state index < -0.39 is 66.5 Å². The van der Waals surface area contributed by atoms with Crippen molar-refractivity contribution in [2.24, 2.45) is 17.2 Å². The molecule has 0 fully saturated rings. The zero-order valence-electron chi connectivity index (χ0n) is 13.6. The van der Waals surface area contributed by atoms with Gasteiger partial charge in [-0.3, -0.25) is 24.0 Å². The number of nitrogens with one attached hydrogen (secondary N) is 2. The molecule has 0 aliphatic rings. The van der Waals surface area contributed by atoms with E-state index in [9.17, 15) is 28.8 Å². The van der Waals surface area contributed by atoms with Crippen LogP contribution >= 0.6 is 0 Å². The van der Waals surface area contributed by atoms with Crippen molar-refractivity contribution in [3.8, 4) is 0 Å². The first-order chi connectivity index (χ1) is 11.9. The molecule has 0 saturated carbocycles. The topological polar surface area (TPSA) is 245 Å². The van der Waals surface area contributed by atoms with Crippen LogP contribution < -0.4 is 27.8 Å². The molecule has 146 valence electrons. The smallest absolute Gasteiger partial charge is 0.326 e. The summed E-state index contributed by atoms with van der Waals surface area (Å²) >= 11 is 0. The third-order valence-corrected chi connectivity index (χ3v) is 3.07. The van der Waals surface area contributed by atoms with E-state index in [0.717, 1.165) is 0 Å². The predicted molar refractivity (Wildman–Crippen MR) is 84.0 cm³/mol. The Bertz CT molecular complexity index is 593. The highest BCUT2D eigenvalue weighted by atomic mass is 16.4. The van der Waals surface area contributed by atoms with Crippen LogP contribution in [0.15, 0.2) is 0 Å². The summed E-state index contributed by atoms with van der Waals surface area (Å²) in [6, 6.07) is -4.58. The fourth-order valence-corrected chi connectivity index (χ4v) is 1.77. The van der Waals surface area contributed by atoms with Crippen molar-refractivity contribution in [3.63, 3.8) is 0 Å². The molecule has 0 bridgehead atoms. The van der Waals surface area contributed by atoms with Crippen LogP contribution in [-0.2, 0) is 28.8 Å². The van der Waals surface area contributed by atoms with E-state index in [4.69, 9.17) is 27.4 Å². The SMILES string of the molecule is NC(=O)CC[C@H](N)C(=O)N[C@@H](CC(N)=O)C(=O)N[C@@H](CC(=O)O)C(=O)O. The van der Waals surface area contributed by atoms with Crippen LogP contribution in [0.25, 0.3) is 0 Å². The third kappa shape index (κ3) is 9.17. The summed E-state index contributed by atoms with van der Waals surface area (Å²) < 4.78 is 0. The molecule has 0 saturated heterocycles. The van der Waals surface area contributed by atoms with E-state index in [-0.39, 0.29) is 12.8 Å². The van der Waals surface area contributed by atoms with E-state index in [1.807, 2.05) is 5.32 Å². The lowest BCUT2D eigenvalue weighted by molar-refractivity contribution is -0.147. The van der Waals surface area contributed by atoms with Crippen molar-refractivity contribution in [1.82, 2.24) is 10.6 Å². The van der Waals surface area contributed by atoms with Crippen molar-refractivity contribution < 1.29 is 39.0 Å². The molecule has 0 aliphatic carbocycles. The van der Waals surface area contributed by atoms with Gasteiger partial charge in [-0.15, -0.1) is 0 Å². The molecule has 26 heavy (non-hydrogen) atoms. The Morgan fingerprint density at radius 2 is 1.35 bits per heavy atom. The zero-order chi connectivity index (χ0) is 20.4. The third-order valence-electron chi connectivity index (χ3n) is 3.07. The van der Waals surface area contributed by atoms with Crippen LogP contribution in [0, 0.1) is 0 Å². The monoisotopic (exact) mass is 375 g/mol. The lowest BCUT2D eigenvalue weighted by Gasteiger charge is -2.21. The van der Waals surface area contributed by atoms with Gasteiger partial charge in [-0.1, -0.05) is 0 Å². The Morgan fingerprint density at radius 3 is 1.77 bits per heavy atom. The summed E-state index contributed by atoms with van der Waals surface area (Å²) in [5.41, 5.74) is 15.4. The summed E-state index contributed by atoms with van der Waals surface area (Å²) in [7, 11) is 0. The predicted octanol–water partition coefficient (Wildman–Crippen LogP) is -4.02. The molecule has 0 spiro atoms. The number of nitrogens with two attached hydrogens (primary N) is 3. The van der Waals surface area contributed by atoms with Gasteiger partial charge in [-0.25, -0.2) is 4.79 Å². The number of carboxylic acid groups (broad SMARTS) is 2. The molecule has 10 N–H and O–H groups in total. The molecule has 0 radical (unpaired) electrons. The lowest BCUT2D eigenvalue weighted by atomic mass is 10.1. The van der Waals surface area contributed by atoms with Gasteiger partial charge in [0.1, 0.15) is 12.1 Å². The van der Waals surface area contributed by atoms with Crippen molar-refractivity contribution in [1.29, 1.82) is 0 Å². The van der Waals surface area contributed by atoms with Crippen LogP contribution in [0.5, 0.6) is 0 Å². The zero-order valence-corrected chi connectivity index (χ0v) is 13.6. The van der Waals surface area contributed by atoms with Gasteiger partial charge in [0, 0.05) is 6.42 Å². The molecule has 0 aromatic heterocycles. The van der Waals surface area contributed by atoms with Gasteiger partial charge in [0.25, 0.3) is 0 Å². The van der Waals surface area contributed by atoms with E-state index >= 15 is 0 Å². The highest BCUT2D eigenvalue weighted by Gasteiger charge is 2.30. The second-order valence-electron chi connectivity index (χ2n) is 5.34. The quantitative estimate of drug-likeness (QED) is 0.175. The van der Waals surface area contributed by atoms with E-state index in [1.54, 1.807) is 0 Å². The average Bonchev–Trinajstić information content (AvgIpc) is 2.49. The summed E-state index contributed by atoms with van der Waals surface area (Å²) in [4.78, 5) is 67.4. The normalized spacial score (nSPS) is 13.7. The average molecular weight is 375 g/mol. The number of primary amides is 2. The molecular weight excluding hydrogens is 354 g/mol. The molecule has 0 aliphatic heterocycles. The number of rotatable bonds is 12. The first-order valence-corrected chi connectivity index (χ1v) is 7.31. The maximum atomic E-state index is 12.1. The van der Waals surface area contributed by atoms with Gasteiger partial charge in [0.05, 0.1) is 18.9 Å². The van der Waals surface area contributed by atoms with Gasteiger partial charge in [0.15, 0.2) is 0 Å². The van der Waals surface area contributed by atoms with Gasteiger partial charge in [-0.05, 0) is 6.42 Å². The molecule has 0 heterocycles. The Hall–Kier alpha value is -3.22. The van der Waals surface area contributed by atoms with Gasteiger partial charge < -0.3 is 38.0 Å². The van der Waals surface area contributed by atoms with Crippen LogP contribution in [0.4, 0.5) is 0 Å². The highest BCUT2D eigenvalue weighted by molar-refractivity contribution is 5.95. The van der Waals surface area contributed by atoms with E-state index in [2.05, 4.69) is 5.32 Å². The maximum Gasteiger partial charge on any atom is 0.326 e. The molecule has 3 atom stereocenters. The number of aliphatic carboxylic acids is 2. The summed E-state index contributed by atoms with van der Waals surface area (Å²) in [5, 5.41) is 21.5. The van der Waals surface area contributed by atoms with Crippen LogP contribution in [0.3, 0.4) is 0 Å². The van der Waals surface area contributed by atoms with Crippen molar-refractivity contribution in [3.05, 3.63) is 0 Å². The van der Waals surface area contributed by atoms with E-state index in [0.29, 0.717) is 0 Å². The number of hydrogen-bond acceptors (Lipinski definition) is 7. The highest BCUT2D eigenvalue weighted by Crippen LogP contribution is 2.00. The summed E-state index contributed by atoms with van der Waals surface area (Å²) in [5.74, 6) is -6.82. The van der Waals surface area contributed by atoms with Gasteiger partial charge in [0.2, 0.25) is 23.6 Å². The van der Waals surface area contributed by atoms with Crippen LogP contribution in [-0.4, -0.2) is 63.9 Å². The summed E-state index contributed by atoms with van der Waals surface area (Å²) in [6.45, 7) is 0. The summed E-state index contributed by atoms with van der Waals surface area (Å²) in [6.07, 6.45) is -1.92. The number of hydrogen-bond donors (Lipinski definition) is 7. The van der Waals surface area contributed by atoms with Crippen LogP contribution in [0.2, 0.25) is 0 Å². The Kier molecular flexibility index (Phi) is 9.29. The maximum absolute atomic E-state index is 12.1. The van der Waals surface area contributed by atoms with E-state index in [1.165, 1.54) is 0 Å². The molecule has 0 aromatic carbocycles. The van der Waals surface area contributed by atoms with Crippen molar-refractivity contribution in [2.75, 3.05) is 0 Å². The molecule has 13 nitrogen and oxygen atoms in total. The Morgan fingerprint density at radius 1 is 0.808 bits per heavy atom. The first-order valence-electron chi connectivity index (χ1n) is 7.31. The van der Waals surface area contributed by atoms with Gasteiger partial charge in [-0.2, -0.15) is 0 Å². The molecule has 0 unspecified atom stereocenters. The minimum absolute atomic E-state index is 0.122. The molecule has 0 rings (SSSR count). The lowest BCUT2D eigenvalue weighted by Crippen LogP contribution is -2.55. The molecule has 0 aromatic rings. The van der Waals surface area contributed by atoms with Gasteiger partial charge >= 0.3 is 11.9 Å². The largest absolute Gasteiger partial charge is 0.481 e. The number of amides is 4. The fourth-order valence-electron chi connectivity index (χ4n) is 1.77. The second kappa shape index (κ2) is 10.6. The minimum atomic E-state index is -1.78. The number of carboxylic acids is 2. The first kappa shape index (κ1) is 22.8. The van der Waals surface area contributed by atoms with Crippen molar-refractivity contribution in [2.45, 2.75) is 43.8 Å². The number of carbonyl (C=O) groups is 6. The Balaban J connectivity index is 5.05. The van der Waals surface area contributed by atoms with Crippen molar-refractivity contribution >= 4 is 35.6 Å². The molecule has 4 amide bonds. The standard InChI is InChI=1S/C13H21N5O8/c14-5(1-2-8(15)19)11(23)17-6(3-9(16)20)12(24)18-7(13(25)26)4-10(21)22/h5-7H,1-4,14H2,(H2,15,19)(H2,16,20)(H,17,23)(H,18,24)(H,21,22)(H,25,26)/t5-,6-,7-/m0/s1. The van der Waals surface area contributed by atoms with Crippen LogP contribution in [0.1, 0.15) is 25.7 Å². The second-order valence-corrected chi connectivity index (χ2v) is 5.34. The fraction of sp³-hybridized carbons (Fsp3) is 0.538. The molecular formula is C13H21N5O8. The Labute approximate surface area is 147 Å². The molecule has 13 heteroatoms. The minimum Gasteiger partial charge on any atom is -0.481 e. The number of carbonyl (C=O) groups excluding carboxylic acids is 4.